The second-order valence-corrected chi connectivity index (χ2v) is 7.08. The van der Waals surface area contributed by atoms with Crippen LogP contribution in [0.3, 0.4) is 0 Å². The zero-order valence-electron chi connectivity index (χ0n) is 15.2. The van der Waals surface area contributed by atoms with E-state index in [1.807, 2.05) is 37.3 Å². The summed E-state index contributed by atoms with van der Waals surface area (Å²) in [7, 11) is 0. The number of amides is 1. The van der Waals surface area contributed by atoms with Crippen LogP contribution >= 0.6 is 0 Å². The Morgan fingerprint density at radius 1 is 1.35 bits per heavy atom. The highest BCUT2D eigenvalue weighted by Gasteiger charge is 2.84. The number of hydrogen-bond donors (Lipinski definition) is 1. The second-order valence-electron chi connectivity index (χ2n) is 7.08. The van der Waals surface area contributed by atoms with E-state index in [-0.39, 0.29) is 13.0 Å². The molecule has 138 valence electrons. The lowest BCUT2D eigenvalue weighted by Gasteiger charge is -2.64. The maximum Gasteiger partial charge on any atom is 0.319 e. The minimum atomic E-state index is -1.34. The first-order chi connectivity index (χ1) is 12.3. The summed E-state index contributed by atoms with van der Waals surface area (Å²) in [5.41, 5.74) is -2.28. The van der Waals surface area contributed by atoms with Crippen LogP contribution in [-0.4, -0.2) is 30.6 Å². The molecule has 1 aliphatic heterocycles. The van der Waals surface area contributed by atoms with E-state index in [1.54, 1.807) is 13.0 Å². The van der Waals surface area contributed by atoms with Gasteiger partial charge in [-0.2, -0.15) is 0 Å². The van der Waals surface area contributed by atoms with Gasteiger partial charge < -0.3 is 14.8 Å². The van der Waals surface area contributed by atoms with E-state index in [0.717, 1.165) is 5.56 Å². The van der Waals surface area contributed by atoms with Gasteiger partial charge in [0.15, 0.2) is 6.10 Å². The Morgan fingerprint density at radius 3 is 2.54 bits per heavy atom. The maximum atomic E-state index is 13.1. The zero-order valence-corrected chi connectivity index (χ0v) is 15.2. The lowest BCUT2D eigenvalue weighted by Crippen LogP contribution is -2.74. The number of rotatable bonds is 5. The smallest absolute Gasteiger partial charge is 0.319 e. The molecule has 1 amide bonds. The molecule has 0 bridgehead atoms. The van der Waals surface area contributed by atoms with Crippen molar-refractivity contribution < 1.29 is 23.9 Å². The van der Waals surface area contributed by atoms with Crippen LogP contribution in [-0.2, 0) is 29.4 Å². The minimum absolute atomic E-state index is 0.164. The van der Waals surface area contributed by atoms with Crippen LogP contribution in [0.15, 0.2) is 43.0 Å². The number of esters is 2. The van der Waals surface area contributed by atoms with Crippen molar-refractivity contribution >= 4 is 17.8 Å². The van der Waals surface area contributed by atoms with E-state index in [2.05, 4.69) is 11.9 Å². The third-order valence-corrected chi connectivity index (χ3v) is 5.75. The van der Waals surface area contributed by atoms with Crippen molar-refractivity contribution in [2.24, 2.45) is 10.8 Å². The van der Waals surface area contributed by atoms with E-state index in [4.69, 9.17) is 9.47 Å². The summed E-state index contributed by atoms with van der Waals surface area (Å²) in [6, 6.07) is 9.24. The predicted molar refractivity (Wildman–Crippen MR) is 93.8 cm³/mol. The molecule has 1 aromatic rings. The molecule has 0 spiro atoms. The average molecular weight is 357 g/mol. The van der Waals surface area contributed by atoms with Gasteiger partial charge in [-0.3, -0.25) is 14.4 Å². The van der Waals surface area contributed by atoms with Gasteiger partial charge in [0.25, 0.3) is 5.91 Å². The number of hydrogen-bond acceptors (Lipinski definition) is 5. The highest BCUT2D eigenvalue weighted by molar-refractivity contribution is 5.99. The van der Waals surface area contributed by atoms with Crippen LogP contribution in [0.4, 0.5) is 0 Å². The SMILES string of the molecule is C=C[C@@]1(C)C[C@]2(C(=O)OCC)[C@H](OC(C)=O)C(=O)N[C@]12c1ccccc1. The van der Waals surface area contributed by atoms with Gasteiger partial charge in [-0.1, -0.05) is 43.3 Å². The number of carbonyl (C=O) groups excluding carboxylic acids is 3. The van der Waals surface area contributed by atoms with Gasteiger partial charge in [0, 0.05) is 12.3 Å². The Bertz CT molecular complexity index is 776. The van der Waals surface area contributed by atoms with Crippen molar-refractivity contribution in [1.29, 1.82) is 0 Å². The third kappa shape index (κ3) is 2.01. The highest BCUT2D eigenvalue weighted by atomic mass is 16.6. The number of benzene rings is 1. The Hall–Kier alpha value is -2.63. The molecule has 1 heterocycles. The van der Waals surface area contributed by atoms with Crippen LogP contribution in [0.1, 0.15) is 32.8 Å². The van der Waals surface area contributed by atoms with E-state index in [1.165, 1.54) is 6.92 Å². The Balaban J connectivity index is 2.26. The normalized spacial score (nSPS) is 34.9. The lowest BCUT2D eigenvalue weighted by molar-refractivity contribution is -0.208. The van der Waals surface area contributed by atoms with E-state index < -0.39 is 40.3 Å². The summed E-state index contributed by atoms with van der Waals surface area (Å²) in [5.74, 6) is -1.67. The molecule has 26 heavy (non-hydrogen) atoms. The number of fused-ring (bicyclic) bond motifs is 1. The van der Waals surface area contributed by atoms with Gasteiger partial charge in [0.2, 0.25) is 0 Å². The molecule has 0 aromatic heterocycles. The summed E-state index contributed by atoms with van der Waals surface area (Å²) in [6.45, 7) is 8.94. The lowest BCUT2D eigenvalue weighted by atomic mass is 9.39. The van der Waals surface area contributed by atoms with Gasteiger partial charge in [-0.05, 0) is 18.9 Å². The van der Waals surface area contributed by atoms with Crippen LogP contribution in [0.2, 0.25) is 0 Å². The Kier molecular flexibility index (Phi) is 4.17. The van der Waals surface area contributed by atoms with Gasteiger partial charge >= 0.3 is 11.9 Å². The molecule has 3 rings (SSSR count). The molecular weight excluding hydrogens is 334 g/mol. The quantitative estimate of drug-likeness (QED) is 0.645. The first-order valence-corrected chi connectivity index (χ1v) is 8.64. The zero-order chi connectivity index (χ0) is 19.2. The summed E-state index contributed by atoms with van der Waals surface area (Å²) >= 11 is 0. The number of nitrogens with one attached hydrogen (secondary N) is 1. The van der Waals surface area contributed by atoms with Crippen molar-refractivity contribution in [3.8, 4) is 0 Å². The molecule has 1 aliphatic carbocycles. The molecule has 2 aliphatic rings. The molecule has 1 aromatic carbocycles. The van der Waals surface area contributed by atoms with E-state index in [0.29, 0.717) is 0 Å². The molecule has 0 unspecified atom stereocenters. The Labute approximate surface area is 152 Å². The second kappa shape index (κ2) is 5.97. The summed E-state index contributed by atoms with van der Waals surface area (Å²) in [4.78, 5) is 37.6. The van der Waals surface area contributed by atoms with Crippen LogP contribution < -0.4 is 5.32 Å². The van der Waals surface area contributed by atoms with Crippen molar-refractivity contribution in [2.45, 2.75) is 38.8 Å². The maximum absolute atomic E-state index is 13.1. The highest BCUT2D eigenvalue weighted by Crippen LogP contribution is 2.72. The van der Waals surface area contributed by atoms with Crippen molar-refractivity contribution in [3.63, 3.8) is 0 Å². The molecule has 2 fully saturated rings. The molecule has 6 heteroatoms. The van der Waals surface area contributed by atoms with Crippen molar-refractivity contribution in [1.82, 2.24) is 5.32 Å². The van der Waals surface area contributed by atoms with E-state index >= 15 is 0 Å². The standard InChI is InChI=1S/C20H23NO5/c1-5-18(4)12-19(17(24)25-6-2)15(26-13(3)22)16(23)21-20(18,19)14-10-8-7-9-11-14/h5,7-11,15H,1,6,12H2,2-4H3,(H,21,23)/t15-,18+,19-,20-/m1/s1. The summed E-state index contributed by atoms with van der Waals surface area (Å²) in [5, 5.41) is 2.97. The predicted octanol–water partition coefficient (Wildman–Crippen LogP) is 2.09. The third-order valence-electron chi connectivity index (χ3n) is 5.75. The fourth-order valence-electron chi connectivity index (χ4n) is 4.75. The van der Waals surface area contributed by atoms with Crippen LogP contribution in [0, 0.1) is 10.8 Å². The van der Waals surface area contributed by atoms with Gasteiger partial charge in [0.1, 0.15) is 5.41 Å². The van der Waals surface area contributed by atoms with Crippen LogP contribution in [0.25, 0.3) is 0 Å². The molecular formula is C20H23NO5. The molecule has 6 nitrogen and oxygen atoms in total. The molecule has 4 atom stereocenters. The summed E-state index contributed by atoms with van der Waals surface area (Å²) in [6.07, 6.45) is 0.786. The van der Waals surface area contributed by atoms with Crippen molar-refractivity contribution in [3.05, 3.63) is 48.6 Å². The number of carbonyl (C=O) groups is 3. The monoisotopic (exact) mass is 357 g/mol. The van der Waals surface area contributed by atoms with E-state index in [9.17, 15) is 14.4 Å². The first kappa shape index (κ1) is 18.2. The Morgan fingerprint density at radius 2 is 2.00 bits per heavy atom. The number of ether oxygens (including phenoxy) is 2. The van der Waals surface area contributed by atoms with Gasteiger partial charge in [0.05, 0.1) is 12.1 Å². The molecule has 1 N–H and O–H groups in total. The van der Waals surface area contributed by atoms with Crippen molar-refractivity contribution in [2.75, 3.05) is 6.61 Å². The fourth-order valence-corrected chi connectivity index (χ4v) is 4.75. The average Bonchev–Trinajstić information content (AvgIpc) is 2.82. The summed E-state index contributed by atoms with van der Waals surface area (Å²) < 4.78 is 10.7. The van der Waals surface area contributed by atoms with Gasteiger partial charge in [-0.15, -0.1) is 6.58 Å². The molecule has 1 saturated carbocycles. The minimum Gasteiger partial charge on any atom is -0.465 e. The largest absolute Gasteiger partial charge is 0.465 e. The first-order valence-electron chi connectivity index (χ1n) is 8.64. The van der Waals surface area contributed by atoms with Crippen LogP contribution in [0.5, 0.6) is 0 Å². The topological polar surface area (TPSA) is 81.7 Å². The van der Waals surface area contributed by atoms with Gasteiger partial charge in [-0.25, -0.2) is 0 Å². The molecule has 0 radical (unpaired) electrons. The fraction of sp³-hybridized carbons (Fsp3) is 0.450. The molecule has 1 saturated heterocycles.